The van der Waals surface area contributed by atoms with Crippen LogP contribution in [0.4, 0.5) is 0 Å². The molecule has 2 nitrogen and oxygen atoms in total. The molecule has 1 aliphatic rings. The van der Waals surface area contributed by atoms with Gasteiger partial charge in [-0.3, -0.25) is 0 Å². The van der Waals surface area contributed by atoms with Gasteiger partial charge in [-0.25, -0.2) is 0 Å². The Bertz CT molecular complexity index is 332. The normalized spacial score (nSPS) is 25.7. The second-order valence-corrected chi connectivity index (χ2v) is 7.74. The van der Waals surface area contributed by atoms with Crippen molar-refractivity contribution in [3.63, 3.8) is 0 Å². The summed E-state index contributed by atoms with van der Waals surface area (Å²) in [6, 6.07) is 0. The van der Waals surface area contributed by atoms with Crippen molar-refractivity contribution in [3.05, 3.63) is 22.3 Å². The average molecular weight is 413 g/mol. The van der Waals surface area contributed by atoms with Crippen LogP contribution in [0.3, 0.4) is 0 Å². The van der Waals surface area contributed by atoms with Gasteiger partial charge in [0, 0.05) is 12.0 Å². The standard InChI is InChI=1S/C16H26ClIO2/c1-11(13(3)18)9-14(17)6-7-16-12(2)10-15(20-16)5-4-8-19/h11,14-16,19H,2-10H2,1H3/t11-,14+,15+,16+/m1/s1. The third-order valence-electron chi connectivity index (χ3n) is 3.87. The smallest absolute Gasteiger partial charge is 0.0787 e. The molecule has 4 heteroatoms. The predicted molar refractivity (Wildman–Crippen MR) is 94.6 cm³/mol. The summed E-state index contributed by atoms with van der Waals surface area (Å²) in [7, 11) is 0. The van der Waals surface area contributed by atoms with Gasteiger partial charge in [-0.15, -0.1) is 11.6 Å². The number of ether oxygens (including phenoxy) is 1. The molecular formula is C16H26ClIO2. The largest absolute Gasteiger partial charge is 0.396 e. The number of aliphatic hydroxyl groups is 1. The number of alkyl halides is 1. The Kier molecular flexibility index (Phi) is 8.72. The molecule has 0 aromatic carbocycles. The molecule has 4 atom stereocenters. The number of allylic oxidation sites excluding steroid dienone is 1. The molecule has 20 heavy (non-hydrogen) atoms. The summed E-state index contributed by atoms with van der Waals surface area (Å²) in [6.07, 6.45) is 5.91. The van der Waals surface area contributed by atoms with Gasteiger partial charge in [0.15, 0.2) is 0 Å². The fourth-order valence-electron chi connectivity index (χ4n) is 2.52. The molecule has 1 heterocycles. The summed E-state index contributed by atoms with van der Waals surface area (Å²) in [4.78, 5) is 0. The molecule has 0 saturated carbocycles. The Balaban J connectivity index is 2.27. The zero-order valence-corrected chi connectivity index (χ0v) is 15.2. The maximum atomic E-state index is 8.86. The molecule has 0 radical (unpaired) electrons. The second kappa shape index (κ2) is 9.44. The van der Waals surface area contributed by atoms with Gasteiger partial charge >= 0.3 is 0 Å². The van der Waals surface area contributed by atoms with E-state index in [1.807, 2.05) is 0 Å². The van der Waals surface area contributed by atoms with Crippen LogP contribution in [0.25, 0.3) is 0 Å². The molecular weight excluding hydrogens is 387 g/mol. The van der Waals surface area contributed by atoms with Gasteiger partial charge in [-0.05, 0) is 76.2 Å². The van der Waals surface area contributed by atoms with Crippen LogP contribution >= 0.6 is 34.2 Å². The van der Waals surface area contributed by atoms with E-state index in [9.17, 15) is 0 Å². The molecule has 0 unspecified atom stereocenters. The van der Waals surface area contributed by atoms with Crippen LogP contribution in [0, 0.1) is 5.92 Å². The Labute approximate surface area is 141 Å². The van der Waals surface area contributed by atoms with Gasteiger partial charge in [0.1, 0.15) is 0 Å². The number of rotatable bonds is 9. The van der Waals surface area contributed by atoms with Crippen molar-refractivity contribution in [2.45, 2.75) is 63.0 Å². The van der Waals surface area contributed by atoms with Gasteiger partial charge in [-0.2, -0.15) is 0 Å². The van der Waals surface area contributed by atoms with Gasteiger partial charge in [0.25, 0.3) is 0 Å². The monoisotopic (exact) mass is 412 g/mol. The lowest BCUT2D eigenvalue weighted by molar-refractivity contribution is 0.0383. The highest BCUT2D eigenvalue weighted by atomic mass is 127. The zero-order valence-electron chi connectivity index (χ0n) is 12.3. The highest BCUT2D eigenvalue weighted by molar-refractivity contribution is 14.1. The third kappa shape index (κ3) is 6.46. The highest BCUT2D eigenvalue weighted by Crippen LogP contribution is 2.32. The Hall–Kier alpha value is 0.420. The van der Waals surface area contributed by atoms with Gasteiger partial charge in [0.05, 0.1) is 12.2 Å². The van der Waals surface area contributed by atoms with Crippen LogP contribution in [-0.2, 0) is 4.74 Å². The minimum Gasteiger partial charge on any atom is -0.396 e. The molecule has 0 spiro atoms. The Morgan fingerprint density at radius 3 is 2.85 bits per heavy atom. The van der Waals surface area contributed by atoms with E-state index in [1.165, 1.54) is 9.15 Å². The number of hydrogen-bond donors (Lipinski definition) is 1. The number of hydrogen-bond acceptors (Lipinski definition) is 2. The average Bonchev–Trinajstić information content (AvgIpc) is 2.74. The van der Waals surface area contributed by atoms with E-state index in [4.69, 9.17) is 21.4 Å². The molecule has 1 N–H and O–H groups in total. The van der Waals surface area contributed by atoms with E-state index >= 15 is 0 Å². The maximum Gasteiger partial charge on any atom is 0.0787 e. The summed E-state index contributed by atoms with van der Waals surface area (Å²) >= 11 is 8.68. The van der Waals surface area contributed by atoms with Crippen LogP contribution in [0.15, 0.2) is 22.3 Å². The van der Waals surface area contributed by atoms with Crippen LogP contribution in [0.5, 0.6) is 0 Å². The number of aliphatic hydroxyl groups excluding tert-OH is 1. The SMILES string of the molecule is C=C(I)[C@H](C)C[C@@H](Cl)CC[C@@H]1O[C@@H](CCCO)CC1=C. The second-order valence-electron chi connectivity index (χ2n) is 5.73. The Morgan fingerprint density at radius 2 is 2.25 bits per heavy atom. The lowest BCUT2D eigenvalue weighted by Gasteiger charge is -2.18. The summed E-state index contributed by atoms with van der Waals surface area (Å²) in [5, 5.41) is 9.03. The maximum absolute atomic E-state index is 8.86. The lowest BCUT2D eigenvalue weighted by Crippen LogP contribution is -2.15. The van der Waals surface area contributed by atoms with E-state index in [0.717, 1.165) is 38.5 Å². The molecule has 0 aromatic heterocycles. The van der Waals surface area contributed by atoms with Gasteiger partial charge < -0.3 is 9.84 Å². The summed E-state index contributed by atoms with van der Waals surface area (Å²) in [5.41, 5.74) is 1.18. The number of halogens is 2. The fraction of sp³-hybridized carbons (Fsp3) is 0.750. The van der Waals surface area contributed by atoms with Gasteiger partial charge in [-0.1, -0.05) is 20.1 Å². The topological polar surface area (TPSA) is 29.5 Å². The van der Waals surface area contributed by atoms with E-state index in [-0.39, 0.29) is 24.2 Å². The van der Waals surface area contributed by atoms with Crippen LogP contribution in [-0.4, -0.2) is 29.3 Å². The summed E-state index contributed by atoms with van der Waals surface area (Å²) in [6.45, 7) is 10.5. The van der Waals surface area contributed by atoms with Crippen molar-refractivity contribution in [1.82, 2.24) is 0 Å². The van der Waals surface area contributed by atoms with Crippen molar-refractivity contribution in [2.24, 2.45) is 5.92 Å². The van der Waals surface area contributed by atoms with E-state index in [1.54, 1.807) is 0 Å². The molecule has 116 valence electrons. The molecule has 0 amide bonds. The molecule has 1 aliphatic heterocycles. The van der Waals surface area contributed by atoms with E-state index < -0.39 is 0 Å². The van der Waals surface area contributed by atoms with Crippen LogP contribution in [0.2, 0.25) is 0 Å². The minimum atomic E-state index is 0.151. The third-order valence-corrected chi connectivity index (χ3v) is 5.33. The molecule has 0 bridgehead atoms. The zero-order chi connectivity index (χ0) is 15.1. The van der Waals surface area contributed by atoms with Crippen molar-refractivity contribution in [3.8, 4) is 0 Å². The minimum absolute atomic E-state index is 0.151. The molecule has 1 rings (SSSR count). The fourth-order valence-corrected chi connectivity index (χ4v) is 3.17. The van der Waals surface area contributed by atoms with Crippen molar-refractivity contribution < 1.29 is 9.84 Å². The van der Waals surface area contributed by atoms with E-state index in [2.05, 4.69) is 42.7 Å². The molecule has 1 saturated heterocycles. The van der Waals surface area contributed by atoms with Crippen molar-refractivity contribution in [1.29, 1.82) is 0 Å². The van der Waals surface area contributed by atoms with Crippen molar-refractivity contribution >= 4 is 34.2 Å². The van der Waals surface area contributed by atoms with Gasteiger partial charge in [0.2, 0.25) is 0 Å². The predicted octanol–water partition coefficient (Wildman–Crippen LogP) is 4.84. The van der Waals surface area contributed by atoms with Crippen LogP contribution < -0.4 is 0 Å². The quantitative estimate of drug-likeness (QED) is 0.334. The van der Waals surface area contributed by atoms with E-state index in [0.29, 0.717) is 5.92 Å². The summed E-state index contributed by atoms with van der Waals surface area (Å²) < 4.78 is 7.16. The first-order chi connectivity index (χ1) is 9.43. The molecule has 0 aromatic rings. The first-order valence-corrected chi connectivity index (χ1v) is 8.87. The molecule has 0 aliphatic carbocycles. The summed E-state index contributed by atoms with van der Waals surface area (Å²) in [5.74, 6) is 0.461. The lowest BCUT2D eigenvalue weighted by atomic mass is 9.99. The first-order valence-electron chi connectivity index (χ1n) is 7.36. The highest BCUT2D eigenvalue weighted by Gasteiger charge is 2.28. The first kappa shape index (κ1) is 18.5. The van der Waals surface area contributed by atoms with Crippen LogP contribution in [0.1, 0.15) is 45.4 Å². The Morgan fingerprint density at radius 1 is 1.55 bits per heavy atom. The molecule has 1 fully saturated rings. The van der Waals surface area contributed by atoms with Crippen molar-refractivity contribution in [2.75, 3.05) is 6.61 Å².